The molecule has 3 heterocycles. The summed E-state index contributed by atoms with van der Waals surface area (Å²) in [6, 6.07) is 33.7. The van der Waals surface area contributed by atoms with E-state index in [1.807, 2.05) is 13.0 Å². The Kier molecular flexibility index (Phi) is 27.4. The molecule has 8 N–H and O–H groups in total. The Hall–Kier alpha value is -5.00. The first-order chi connectivity index (χ1) is 44.0. The van der Waals surface area contributed by atoms with Crippen LogP contribution < -0.4 is 16.9 Å². The Bertz CT molecular complexity index is 3970. The van der Waals surface area contributed by atoms with E-state index in [-0.39, 0.29) is 80.7 Å². The molecular weight excluding hydrogens is 1730 g/mol. The zero-order valence-electron chi connectivity index (χ0n) is 48.2. The molecule has 0 amide bonds. The number of fused-ring (bicyclic) bond motifs is 2. The fourth-order valence-corrected chi connectivity index (χ4v) is 12.2. The minimum absolute atomic E-state index is 0.0405. The average molecular weight is 1780 g/mol. The quantitative estimate of drug-likeness (QED) is 0.0211. The first kappa shape index (κ1) is 75.4. The van der Waals surface area contributed by atoms with E-state index in [4.69, 9.17) is 64.9 Å². The molecular formula is C63H52Br7Cl2F7N8O6. The molecule has 0 aromatic heterocycles. The molecule has 6 aliphatic rings. The van der Waals surface area contributed by atoms with Crippen molar-refractivity contribution in [1.29, 1.82) is 5.26 Å². The summed E-state index contributed by atoms with van der Waals surface area (Å²) in [6.07, 6.45) is 3.16. The number of halogens is 16. The van der Waals surface area contributed by atoms with Crippen LogP contribution in [0, 0.1) is 69.8 Å². The molecule has 14 nitrogen and oxygen atoms in total. The van der Waals surface area contributed by atoms with E-state index in [1.54, 1.807) is 61.5 Å². The lowest BCUT2D eigenvalue weighted by Crippen LogP contribution is -2.37. The van der Waals surface area contributed by atoms with Crippen LogP contribution in [0.15, 0.2) is 179 Å². The highest BCUT2D eigenvalue weighted by molar-refractivity contribution is 9.11. The first-order valence-corrected chi connectivity index (χ1v) is 33.8. The molecule has 7 aromatic rings. The van der Waals surface area contributed by atoms with Crippen molar-refractivity contribution in [3.05, 3.63) is 238 Å². The number of hydrogen-bond donors (Lipinski definition) is 6. The maximum absolute atomic E-state index is 13.7. The monoisotopic (exact) mass is 1770 g/mol. The maximum atomic E-state index is 13.7. The third kappa shape index (κ3) is 20.3. The first-order valence-electron chi connectivity index (χ1n) is 27.4. The highest BCUT2D eigenvalue weighted by atomic mass is 79.9. The highest BCUT2D eigenvalue weighted by Crippen LogP contribution is 2.53. The molecule has 30 heteroatoms. The third-order valence-electron chi connectivity index (χ3n) is 14.7. The number of rotatable bonds is 8. The van der Waals surface area contributed by atoms with Crippen LogP contribution in [-0.2, 0) is 25.6 Å². The van der Waals surface area contributed by atoms with Gasteiger partial charge in [0.25, 0.3) is 0 Å². The molecule has 93 heavy (non-hydrogen) atoms. The van der Waals surface area contributed by atoms with Gasteiger partial charge < -0.3 is 36.7 Å². The van der Waals surface area contributed by atoms with Crippen molar-refractivity contribution in [2.75, 3.05) is 5.88 Å². The molecule has 1 saturated heterocycles. The second-order valence-corrected chi connectivity index (χ2v) is 28.5. The number of nitrogens with zero attached hydrogens (tertiary/aromatic N) is 5. The van der Waals surface area contributed by atoms with Gasteiger partial charge in [-0.3, -0.25) is 4.84 Å². The number of aliphatic hydroxyl groups excluding tert-OH is 1. The summed E-state index contributed by atoms with van der Waals surface area (Å²) in [5.74, 6) is -1.75. The van der Waals surface area contributed by atoms with E-state index in [9.17, 15) is 35.8 Å². The number of nitriles is 1. The van der Waals surface area contributed by atoms with Gasteiger partial charge in [-0.2, -0.15) is 10.7 Å². The smallest absolute Gasteiger partial charge is 0.178 e. The lowest BCUT2D eigenvalue weighted by atomic mass is 9.87. The predicted octanol–water partition coefficient (Wildman–Crippen LogP) is 18.0. The Labute approximate surface area is 598 Å². The Morgan fingerprint density at radius 2 is 1.15 bits per heavy atom. The maximum Gasteiger partial charge on any atom is 0.178 e. The standard InChI is InChI=1S/C11H11BrFNO.C11H13BrFNO.C10H8BrClFNO.C10H7BrFNO.C7H4BrClFNO.C7H6BrFN2O.C7H3BrFN/c1-11(8-5-10(8)15-14-11)7-4-6(12)2-3-9(7)13;1-11(14,8-5-10(8)15)7-4-6(12)2-3-9(7)13;11-6-1-2-9(13)8(3-6)10-4-7(5-12)15-14-10;11-5-1-2-8(12)6(3-5)10-7-4-9(7)14-13-10;8-4-1-2-6(10)5(3-4)7(9)11-12;8-4-1-2-6(9)5(3-4)7(10)11-12;8-6-1-2-7(9)5(3-6)4-10/h2-4,8,10,14H,5H2,1H3;2-4,8,10,15H,5,14H2,1H3;1-3,7H,4-5H2;1-3,7,9H,4H2;1-3,12H;1-3,12H,(H2,10,11);1-3H/t2*8-,10?,11-;;;;;/m00...../s1. The lowest BCUT2D eigenvalue weighted by molar-refractivity contribution is 0.0212. The van der Waals surface area contributed by atoms with Crippen LogP contribution in [0.2, 0.25) is 0 Å². The van der Waals surface area contributed by atoms with Crippen molar-refractivity contribution in [3.8, 4) is 6.07 Å². The summed E-state index contributed by atoms with van der Waals surface area (Å²) in [6.45, 7) is 3.76. The van der Waals surface area contributed by atoms with Crippen LogP contribution in [-0.4, -0.2) is 68.2 Å². The molecule has 13 rings (SSSR count). The number of hydroxylamine groups is 1. The second kappa shape index (κ2) is 33.8. The van der Waals surface area contributed by atoms with Gasteiger partial charge in [0.05, 0.1) is 51.7 Å². The molecule has 9 atom stereocenters. The zero-order valence-corrected chi connectivity index (χ0v) is 60.8. The van der Waals surface area contributed by atoms with Crippen molar-refractivity contribution in [3.63, 3.8) is 0 Å². The normalized spacial score (nSPS) is 22.1. The van der Waals surface area contributed by atoms with E-state index < -0.39 is 29.1 Å². The molecule has 3 aliphatic heterocycles. The van der Waals surface area contributed by atoms with Gasteiger partial charge in [0.1, 0.15) is 59.0 Å². The molecule has 0 bridgehead atoms. The Morgan fingerprint density at radius 1 is 0.656 bits per heavy atom. The summed E-state index contributed by atoms with van der Waals surface area (Å²) < 4.78 is 98.0. The minimum Gasteiger partial charge on any atom is -0.410 e. The van der Waals surface area contributed by atoms with Crippen molar-refractivity contribution in [2.24, 2.45) is 49.8 Å². The second-order valence-electron chi connectivity index (χ2n) is 21.4. The summed E-state index contributed by atoms with van der Waals surface area (Å²) in [5, 5.41) is 47.1. The van der Waals surface area contributed by atoms with Gasteiger partial charge in [0, 0.05) is 83.3 Å². The number of amidine groups is 1. The molecule has 3 saturated carbocycles. The van der Waals surface area contributed by atoms with Crippen LogP contribution >= 0.6 is 135 Å². The number of benzene rings is 7. The van der Waals surface area contributed by atoms with E-state index in [0.29, 0.717) is 71.9 Å². The van der Waals surface area contributed by atoms with Crippen LogP contribution in [0.25, 0.3) is 0 Å². The molecule has 0 spiro atoms. The van der Waals surface area contributed by atoms with Gasteiger partial charge in [-0.15, -0.1) is 11.6 Å². The van der Waals surface area contributed by atoms with Crippen LogP contribution in [0.5, 0.6) is 0 Å². The number of nitrogens with two attached hydrogens (primary N) is 2. The Balaban J connectivity index is 0.000000154. The zero-order chi connectivity index (χ0) is 68.2. The van der Waals surface area contributed by atoms with Crippen molar-refractivity contribution >= 4 is 157 Å². The number of hydrogen-bond acceptors (Lipinski definition) is 13. The summed E-state index contributed by atoms with van der Waals surface area (Å²) in [7, 11) is 0. The van der Waals surface area contributed by atoms with Gasteiger partial charge in [-0.25, -0.2) is 30.7 Å². The molecule has 7 aromatic carbocycles. The molecule has 3 aliphatic carbocycles. The molecule has 0 radical (unpaired) electrons. The highest BCUT2D eigenvalue weighted by Gasteiger charge is 2.59. The minimum atomic E-state index is -0.798. The largest absolute Gasteiger partial charge is 0.410 e. The molecule has 5 unspecified atom stereocenters. The van der Waals surface area contributed by atoms with Gasteiger partial charge in [0.2, 0.25) is 0 Å². The van der Waals surface area contributed by atoms with Gasteiger partial charge in [0.15, 0.2) is 11.0 Å². The van der Waals surface area contributed by atoms with Gasteiger partial charge in [-0.1, -0.05) is 144 Å². The van der Waals surface area contributed by atoms with Crippen LogP contribution in [0.1, 0.15) is 78.5 Å². The van der Waals surface area contributed by atoms with E-state index in [1.165, 1.54) is 72.8 Å². The molecule has 492 valence electrons. The Morgan fingerprint density at radius 3 is 1.63 bits per heavy atom. The van der Waals surface area contributed by atoms with Crippen molar-refractivity contribution < 1.29 is 60.8 Å². The molecule has 4 fully saturated rings. The lowest BCUT2D eigenvalue weighted by Gasteiger charge is -2.26. The van der Waals surface area contributed by atoms with E-state index in [0.717, 1.165) is 36.4 Å². The SMILES string of the molecule is C[C@@]1(c2cc(Br)ccc2F)NOC2C[C@@H]21.C[C@](N)(c1cc(Br)ccc1F)[C@H]1CC1O.Fc1ccc(Br)cc1C1=NOC(CCl)C1.Fc1ccc(Br)cc1C1=NOC2CC12.N#Cc1cc(Br)ccc1F.NC(=NO)c1cc(Br)ccc1F.ON=C(Cl)c1cc(Br)ccc1F. The average Bonchev–Trinajstić information content (AvgIpc) is 1.59. The number of oxime groups is 4. The van der Waals surface area contributed by atoms with Gasteiger partial charge >= 0.3 is 0 Å². The van der Waals surface area contributed by atoms with Crippen molar-refractivity contribution in [2.45, 2.75) is 75.0 Å². The van der Waals surface area contributed by atoms with Crippen LogP contribution in [0.4, 0.5) is 30.7 Å². The number of alkyl halides is 1. The number of nitrogens with one attached hydrogen (secondary N) is 1. The van der Waals surface area contributed by atoms with Gasteiger partial charge in [-0.05, 0) is 161 Å². The van der Waals surface area contributed by atoms with E-state index >= 15 is 0 Å². The third-order valence-corrected chi connectivity index (χ3v) is 18.8. The van der Waals surface area contributed by atoms with Crippen molar-refractivity contribution in [1.82, 2.24) is 5.48 Å². The summed E-state index contributed by atoms with van der Waals surface area (Å²) >= 11 is 33.7. The fourth-order valence-electron chi connectivity index (χ4n) is 9.41. The predicted molar refractivity (Wildman–Crippen MR) is 365 cm³/mol. The summed E-state index contributed by atoms with van der Waals surface area (Å²) in [5.41, 5.74) is 16.8. The van der Waals surface area contributed by atoms with E-state index in [2.05, 4.69) is 138 Å². The topological polar surface area (TPSA) is 226 Å². The van der Waals surface area contributed by atoms with Crippen LogP contribution in [0.3, 0.4) is 0 Å². The fraction of sp³-hybridized carbons (Fsp3) is 0.254. The summed E-state index contributed by atoms with van der Waals surface area (Å²) in [4.78, 5) is 15.5. The number of aliphatic hydroxyl groups is 1.